The van der Waals surface area contributed by atoms with Crippen LogP contribution in [-0.4, -0.2) is 20.2 Å². The maximum atomic E-state index is 4.78. The van der Waals surface area contributed by atoms with E-state index in [4.69, 9.17) is 4.98 Å². The molecule has 3 aromatic rings. The molecule has 2 heterocycles. The van der Waals surface area contributed by atoms with Gasteiger partial charge in [0.25, 0.3) is 0 Å². The van der Waals surface area contributed by atoms with Gasteiger partial charge in [0.05, 0.1) is 17.9 Å². The van der Waals surface area contributed by atoms with Gasteiger partial charge < -0.3 is 5.32 Å². The second kappa shape index (κ2) is 6.80. The number of aromatic nitrogens is 4. The molecule has 4 rings (SSSR count). The van der Waals surface area contributed by atoms with Crippen molar-refractivity contribution in [2.75, 3.05) is 5.32 Å². The number of anilines is 1. The van der Waals surface area contributed by atoms with E-state index in [0.29, 0.717) is 11.9 Å². The molecule has 0 radical (unpaired) electrons. The van der Waals surface area contributed by atoms with Crippen LogP contribution in [0.25, 0.3) is 11.3 Å². The molecule has 1 aliphatic rings. The summed E-state index contributed by atoms with van der Waals surface area (Å²) in [4.78, 5) is 9.25. The molecular weight excluding hydrogens is 334 g/mol. The van der Waals surface area contributed by atoms with E-state index < -0.39 is 0 Å². The van der Waals surface area contributed by atoms with Crippen molar-refractivity contribution >= 4 is 5.95 Å². The number of benzene rings is 1. The van der Waals surface area contributed by atoms with E-state index in [2.05, 4.69) is 72.5 Å². The Labute approximate surface area is 160 Å². The highest BCUT2D eigenvalue weighted by molar-refractivity contribution is 5.62. The lowest BCUT2D eigenvalue weighted by Gasteiger charge is -2.37. The molecule has 0 saturated carbocycles. The summed E-state index contributed by atoms with van der Waals surface area (Å²) in [6.45, 7) is 8.95. The lowest BCUT2D eigenvalue weighted by atomic mass is 9.71. The highest BCUT2D eigenvalue weighted by Crippen LogP contribution is 2.42. The van der Waals surface area contributed by atoms with Gasteiger partial charge in [0.2, 0.25) is 5.95 Å². The van der Waals surface area contributed by atoms with Crippen LogP contribution in [0.5, 0.6) is 0 Å². The van der Waals surface area contributed by atoms with Crippen LogP contribution in [0.2, 0.25) is 0 Å². The van der Waals surface area contributed by atoms with Gasteiger partial charge in [0, 0.05) is 17.5 Å². The zero-order valence-corrected chi connectivity index (χ0v) is 16.5. The largest absolute Gasteiger partial charge is 0.347 e. The summed E-state index contributed by atoms with van der Waals surface area (Å²) in [5.41, 5.74) is 6.02. The summed E-state index contributed by atoms with van der Waals surface area (Å²) in [6.07, 6.45) is 5.88. The third-order valence-corrected chi connectivity index (χ3v) is 5.60. The Morgan fingerprint density at radius 3 is 2.81 bits per heavy atom. The fourth-order valence-corrected chi connectivity index (χ4v) is 4.04. The van der Waals surface area contributed by atoms with Crippen molar-refractivity contribution in [3.8, 4) is 11.3 Å². The molecule has 1 aliphatic carbocycles. The molecule has 0 aliphatic heterocycles. The first-order chi connectivity index (χ1) is 13.0. The molecule has 1 atom stereocenters. The number of nitrogens with zero attached hydrogens (tertiary/aromatic N) is 3. The van der Waals surface area contributed by atoms with Gasteiger partial charge in [0.15, 0.2) is 0 Å². The minimum atomic E-state index is 0.209. The Hall–Kier alpha value is -2.69. The summed E-state index contributed by atoms with van der Waals surface area (Å²) < 4.78 is 0. The predicted molar refractivity (Wildman–Crippen MR) is 109 cm³/mol. The molecule has 1 unspecified atom stereocenters. The molecule has 0 fully saturated rings. The van der Waals surface area contributed by atoms with Crippen molar-refractivity contribution < 1.29 is 0 Å². The van der Waals surface area contributed by atoms with Gasteiger partial charge in [0.1, 0.15) is 0 Å². The Kier molecular flexibility index (Phi) is 4.46. The van der Waals surface area contributed by atoms with Crippen LogP contribution in [0.15, 0.2) is 42.7 Å². The maximum absolute atomic E-state index is 4.78. The standard InChI is InChI=1S/C22H27N5/c1-14(2)20-16(13-24-27-20)19-10-12-23-21(26-19)25-18-9-11-22(3,4)17-8-6-5-7-15(17)18/h5-8,10,12-14,18H,9,11H2,1-4H3,(H,24,27)(H,23,25,26). The van der Waals surface area contributed by atoms with Crippen molar-refractivity contribution in [1.82, 2.24) is 20.2 Å². The third-order valence-electron chi connectivity index (χ3n) is 5.60. The molecule has 2 N–H and O–H groups in total. The molecule has 140 valence electrons. The minimum absolute atomic E-state index is 0.209. The Morgan fingerprint density at radius 1 is 1.19 bits per heavy atom. The van der Waals surface area contributed by atoms with Crippen LogP contribution in [0.4, 0.5) is 5.95 Å². The van der Waals surface area contributed by atoms with Crippen molar-refractivity contribution in [2.24, 2.45) is 0 Å². The SMILES string of the molecule is CC(C)c1[nH]ncc1-c1ccnc(NC2CCC(C)(C)c3ccccc32)n1. The van der Waals surface area contributed by atoms with E-state index >= 15 is 0 Å². The molecule has 0 spiro atoms. The normalized spacial score (nSPS) is 18.3. The van der Waals surface area contributed by atoms with Crippen LogP contribution in [0.1, 0.15) is 69.3 Å². The summed E-state index contributed by atoms with van der Waals surface area (Å²) in [6, 6.07) is 10.9. The quantitative estimate of drug-likeness (QED) is 0.669. The smallest absolute Gasteiger partial charge is 0.223 e. The molecule has 0 saturated heterocycles. The van der Waals surface area contributed by atoms with E-state index in [-0.39, 0.29) is 11.5 Å². The van der Waals surface area contributed by atoms with Gasteiger partial charge in [-0.25, -0.2) is 9.97 Å². The van der Waals surface area contributed by atoms with Gasteiger partial charge in [-0.3, -0.25) is 5.10 Å². The fourth-order valence-electron chi connectivity index (χ4n) is 4.04. The zero-order chi connectivity index (χ0) is 19.0. The van der Waals surface area contributed by atoms with Gasteiger partial charge in [-0.15, -0.1) is 0 Å². The molecular formula is C22H27N5. The van der Waals surface area contributed by atoms with Crippen LogP contribution in [0, 0.1) is 0 Å². The lowest BCUT2D eigenvalue weighted by Crippen LogP contribution is -2.29. The van der Waals surface area contributed by atoms with E-state index in [1.54, 1.807) is 0 Å². The summed E-state index contributed by atoms with van der Waals surface area (Å²) in [5, 5.41) is 10.9. The molecule has 5 heteroatoms. The van der Waals surface area contributed by atoms with Crippen LogP contribution in [0.3, 0.4) is 0 Å². The highest BCUT2D eigenvalue weighted by Gasteiger charge is 2.32. The predicted octanol–water partition coefficient (Wildman–Crippen LogP) is 5.21. The third kappa shape index (κ3) is 3.34. The van der Waals surface area contributed by atoms with E-state index in [9.17, 15) is 0 Å². The molecule has 1 aromatic carbocycles. The molecule has 2 aromatic heterocycles. The number of aromatic amines is 1. The Bertz CT molecular complexity index is 941. The van der Waals surface area contributed by atoms with E-state index in [0.717, 1.165) is 29.8 Å². The van der Waals surface area contributed by atoms with Crippen LogP contribution in [-0.2, 0) is 5.41 Å². The first-order valence-corrected chi connectivity index (χ1v) is 9.68. The summed E-state index contributed by atoms with van der Waals surface area (Å²) in [7, 11) is 0. The van der Waals surface area contributed by atoms with Gasteiger partial charge in [-0.05, 0) is 41.4 Å². The van der Waals surface area contributed by atoms with Gasteiger partial charge in [-0.1, -0.05) is 52.0 Å². The minimum Gasteiger partial charge on any atom is -0.347 e. The summed E-state index contributed by atoms with van der Waals surface area (Å²) >= 11 is 0. The van der Waals surface area contributed by atoms with Crippen LogP contribution >= 0.6 is 0 Å². The molecule has 0 amide bonds. The van der Waals surface area contributed by atoms with E-state index in [1.165, 1.54) is 11.1 Å². The maximum Gasteiger partial charge on any atom is 0.223 e. The van der Waals surface area contributed by atoms with Crippen molar-refractivity contribution in [2.45, 2.75) is 57.9 Å². The first-order valence-electron chi connectivity index (χ1n) is 9.68. The second-order valence-electron chi connectivity index (χ2n) is 8.32. The first kappa shape index (κ1) is 17.7. The average molecular weight is 361 g/mol. The topological polar surface area (TPSA) is 66.5 Å². The second-order valence-corrected chi connectivity index (χ2v) is 8.32. The van der Waals surface area contributed by atoms with Gasteiger partial charge >= 0.3 is 0 Å². The molecule has 0 bridgehead atoms. The zero-order valence-electron chi connectivity index (χ0n) is 16.5. The number of H-pyrrole nitrogens is 1. The summed E-state index contributed by atoms with van der Waals surface area (Å²) in [5.74, 6) is 1.03. The number of nitrogens with one attached hydrogen (secondary N) is 2. The fraction of sp³-hybridized carbons (Fsp3) is 0.409. The van der Waals surface area contributed by atoms with Crippen molar-refractivity contribution in [1.29, 1.82) is 0 Å². The van der Waals surface area contributed by atoms with Gasteiger partial charge in [-0.2, -0.15) is 5.10 Å². The number of fused-ring (bicyclic) bond motifs is 1. The molecule has 27 heavy (non-hydrogen) atoms. The average Bonchev–Trinajstić information content (AvgIpc) is 3.15. The van der Waals surface area contributed by atoms with E-state index in [1.807, 2.05) is 18.5 Å². The van der Waals surface area contributed by atoms with Crippen molar-refractivity contribution in [3.63, 3.8) is 0 Å². The van der Waals surface area contributed by atoms with Crippen LogP contribution < -0.4 is 5.32 Å². The number of hydrogen-bond acceptors (Lipinski definition) is 4. The molecule has 5 nitrogen and oxygen atoms in total. The Balaban J connectivity index is 1.64. The van der Waals surface area contributed by atoms with Crippen molar-refractivity contribution in [3.05, 3.63) is 59.5 Å². The monoisotopic (exact) mass is 361 g/mol. The lowest BCUT2D eigenvalue weighted by molar-refractivity contribution is 0.405. The highest BCUT2D eigenvalue weighted by atomic mass is 15.1. The number of rotatable bonds is 4. The Morgan fingerprint density at radius 2 is 2.00 bits per heavy atom. The number of hydrogen-bond donors (Lipinski definition) is 2.